The van der Waals surface area contributed by atoms with Crippen molar-refractivity contribution in [1.29, 1.82) is 0 Å². The van der Waals surface area contributed by atoms with Gasteiger partial charge in [0.15, 0.2) is 0 Å². The molecule has 3 N–H and O–H groups in total. The highest BCUT2D eigenvalue weighted by atomic mass is 16.5. The van der Waals surface area contributed by atoms with Gasteiger partial charge in [-0.1, -0.05) is 13.3 Å². The van der Waals surface area contributed by atoms with Gasteiger partial charge < -0.3 is 20.5 Å². The minimum absolute atomic E-state index is 0.166. The van der Waals surface area contributed by atoms with Crippen LogP contribution in [0.15, 0.2) is 0 Å². The Morgan fingerprint density at radius 2 is 1.80 bits per heavy atom. The summed E-state index contributed by atoms with van der Waals surface area (Å²) in [4.78, 5) is 22.0. The molecule has 0 aliphatic rings. The summed E-state index contributed by atoms with van der Waals surface area (Å²) in [5, 5.41) is 14.1. The molecule has 0 aliphatic heterocycles. The third-order valence-electron chi connectivity index (χ3n) is 3.02. The minimum atomic E-state index is -0.765. The number of rotatable bonds is 11. The summed E-state index contributed by atoms with van der Waals surface area (Å²) in [6.07, 6.45) is 2.76. The molecule has 0 saturated carbocycles. The molecule has 0 saturated heterocycles. The predicted octanol–water partition coefficient (Wildman–Crippen LogP) is 1.99. The van der Waals surface area contributed by atoms with E-state index in [1.807, 2.05) is 20.8 Å². The topological polar surface area (TPSA) is 87.7 Å². The van der Waals surface area contributed by atoms with Crippen LogP contribution in [0, 0.1) is 5.92 Å². The monoisotopic (exact) mass is 288 g/mol. The highest BCUT2D eigenvalue weighted by Gasteiger charge is 2.09. The van der Waals surface area contributed by atoms with Gasteiger partial charge in [-0.25, -0.2) is 4.79 Å². The molecule has 118 valence electrons. The first-order valence-electron chi connectivity index (χ1n) is 7.30. The van der Waals surface area contributed by atoms with Crippen LogP contribution in [0.2, 0.25) is 0 Å². The van der Waals surface area contributed by atoms with Crippen molar-refractivity contribution < 1.29 is 19.4 Å². The van der Waals surface area contributed by atoms with E-state index in [0.717, 1.165) is 12.8 Å². The average molecular weight is 288 g/mol. The number of aliphatic carboxylic acids is 1. The zero-order valence-electron chi connectivity index (χ0n) is 12.8. The van der Waals surface area contributed by atoms with Gasteiger partial charge in [0.2, 0.25) is 0 Å². The molecule has 0 rings (SSSR count). The Labute approximate surface area is 121 Å². The van der Waals surface area contributed by atoms with Crippen molar-refractivity contribution in [2.45, 2.75) is 52.6 Å². The molecule has 0 fully saturated rings. The predicted molar refractivity (Wildman–Crippen MR) is 77.8 cm³/mol. The Bertz CT molecular complexity index is 282. The Morgan fingerprint density at radius 1 is 1.15 bits per heavy atom. The second-order valence-electron chi connectivity index (χ2n) is 5.10. The zero-order chi connectivity index (χ0) is 15.4. The normalized spacial score (nSPS) is 12.2. The van der Waals surface area contributed by atoms with E-state index in [9.17, 15) is 9.59 Å². The first-order chi connectivity index (χ1) is 9.45. The number of carbonyl (C=O) groups excluding carboxylic acids is 1. The summed E-state index contributed by atoms with van der Waals surface area (Å²) in [5.41, 5.74) is 0. The van der Waals surface area contributed by atoms with Gasteiger partial charge in [-0.3, -0.25) is 4.79 Å². The van der Waals surface area contributed by atoms with Gasteiger partial charge in [0.05, 0.1) is 12.7 Å². The van der Waals surface area contributed by atoms with Gasteiger partial charge in [-0.05, 0) is 32.6 Å². The summed E-state index contributed by atoms with van der Waals surface area (Å²) in [7, 11) is 0. The van der Waals surface area contributed by atoms with Crippen molar-refractivity contribution >= 4 is 12.0 Å². The van der Waals surface area contributed by atoms with E-state index in [1.165, 1.54) is 0 Å². The average Bonchev–Trinajstić information content (AvgIpc) is 2.38. The van der Waals surface area contributed by atoms with Crippen molar-refractivity contribution in [2.24, 2.45) is 5.92 Å². The van der Waals surface area contributed by atoms with E-state index >= 15 is 0 Å². The van der Waals surface area contributed by atoms with Crippen LogP contribution in [-0.2, 0) is 9.53 Å². The molecule has 6 heteroatoms. The smallest absolute Gasteiger partial charge is 0.314 e. The third kappa shape index (κ3) is 11.8. The summed E-state index contributed by atoms with van der Waals surface area (Å²) in [5.74, 6) is -0.421. The van der Waals surface area contributed by atoms with E-state index in [1.54, 1.807) is 0 Å². The number of carboxylic acid groups (broad SMARTS) is 1. The molecule has 0 radical (unpaired) electrons. The van der Waals surface area contributed by atoms with Crippen LogP contribution in [0.5, 0.6) is 0 Å². The fourth-order valence-electron chi connectivity index (χ4n) is 1.79. The van der Waals surface area contributed by atoms with Crippen LogP contribution < -0.4 is 10.6 Å². The minimum Gasteiger partial charge on any atom is -0.481 e. The van der Waals surface area contributed by atoms with Crippen molar-refractivity contribution in [3.8, 4) is 0 Å². The number of hydrogen-bond acceptors (Lipinski definition) is 3. The SMILES string of the molecule is CCC(CCNC(=O)NCCOC(C)C)CCC(=O)O. The quantitative estimate of drug-likeness (QED) is 0.507. The van der Waals surface area contributed by atoms with E-state index < -0.39 is 5.97 Å². The summed E-state index contributed by atoms with van der Waals surface area (Å²) in [6, 6.07) is -0.203. The van der Waals surface area contributed by atoms with Crippen LogP contribution >= 0.6 is 0 Å². The molecule has 6 nitrogen and oxygen atoms in total. The fraction of sp³-hybridized carbons (Fsp3) is 0.857. The molecule has 0 aromatic rings. The molecule has 20 heavy (non-hydrogen) atoms. The highest BCUT2D eigenvalue weighted by Crippen LogP contribution is 2.14. The first-order valence-corrected chi connectivity index (χ1v) is 7.30. The molecule has 1 unspecified atom stereocenters. The van der Waals surface area contributed by atoms with Crippen molar-refractivity contribution in [2.75, 3.05) is 19.7 Å². The van der Waals surface area contributed by atoms with Crippen molar-refractivity contribution in [1.82, 2.24) is 10.6 Å². The zero-order valence-corrected chi connectivity index (χ0v) is 12.8. The van der Waals surface area contributed by atoms with Crippen LogP contribution in [0.4, 0.5) is 4.79 Å². The van der Waals surface area contributed by atoms with Gasteiger partial charge in [0.25, 0.3) is 0 Å². The molecular formula is C14H28N2O4. The van der Waals surface area contributed by atoms with Gasteiger partial charge in [-0.15, -0.1) is 0 Å². The molecule has 0 aromatic carbocycles. The number of nitrogens with one attached hydrogen (secondary N) is 2. The first kappa shape index (κ1) is 18.7. The van der Waals surface area contributed by atoms with Crippen LogP contribution in [-0.4, -0.2) is 42.9 Å². The Balaban J connectivity index is 3.60. The Hall–Kier alpha value is -1.30. The van der Waals surface area contributed by atoms with E-state index in [-0.39, 0.29) is 18.6 Å². The van der Waals surface area contributed by atoms with Crippen LogP contribution in [0.3, 0.4) is 0 Å². The Kier molecular flexibility index (Phi) is 10.8. The van der Waals surface area contributed by atoms with Crippen molar-refractivity contribution in [3.05, 3.63) is 0 Å². The van der Waals surface area contributed by atoms with Crippen LogP contribution in [0.1, 0.15) is 46.5 Å². The largest absolute Gasteiger partial charge is 0.481 e. The Morgan fingerprint density at radius 3 is 2.35 bits per heavy atom. The third-order valence-corrected chi connectivity index (χ3v) is 3.02. The molecule has 0 aromatic heterocycles. The highest BCUT2D eigenvalue weighted by molar-refractivity contribution is 5.73. The lowest BCUT2D eigenvalue weighted by Gasteiger charge is -2.14. The second kappa shape index (κ2) is 11.5. The molecule has 2 amide bonds. The molecular weight excluding hydrogens is 260 g/mol. The molecule has 0 aliphatic carbocycles. The maximum Gasteiger partial charge on any atom is 0.314 e. The van der Waals surface area contributed by atoms with Gasteiger partial charge in [0.1, 0.15) is 0 Å². The van der Waals surface area contributed by atoms with Gasteiger partial charge in [0, 0.05) is 19.5 Å². The van der Waals surface area contributed by atoms with Crippen molar-refractivity contribution in [3.63, 3.8) is 0 Å². The lowest BCUT2D eigenvalue weighted by Crippen LogP contribution is -2.38. The molecule has 1 atom stereocenters. The summed E-state index contributed by atoms with van der Waals surface area (Å²) in [6.45, 7) is 7.48. The number of ether oxygens (including phenoxy) is 1. The van der Waals surface area contributed by atoms with Gasteiger partial charge >= 0.3 is 12.0 Å². The number of amides is 2. The van der Waals surface area contributed by atoms with Crippen LogP contribution in [0.25, 0.3) is 0 Å². The number of carbonyl (C=O) groups is 2. The lowest BCUT2D eigenvalue weighted by molar-refractivity contribution is -0.137. The molecule has 0 spiro atoms. The lowest BCUT2D eigenvalue weighted by atomic mass is 9.97. The fourth-order valence-corrected chi connectivity index (χ4v) is 1.79. The second-order valence-corrected chi connectivity index (χ2v) is 5.10. The van der Waals surface area contributed by atoms with E-state index in [2.05, 4.69) is 10.6 Å². The maximum atomic E-state index is 11.5. The number of carboxylic acids is 1. The molecule has 0 heterocycles. The van der Waals surface area contributed by atoms with E-state index in [4.69, 9.17) is 9.84 Å². The maximum absolute atomic E-state index is 11.5. The summed E-state index contributed by atoms with van der Waals surface area (Å²) >= 11 is 0. The number of urea groups is 1. The standard InChI is InChI=1S/C14H28N2O4/c1-4-12(5-6-13(17)18)7-8-15-14(19)16-9-10-20-11(2)3/h11-12H,4-10H2,1-3H3,(H,17,18)(H2,15,16,19). The number of hydrogen-bond donors (Lipinski definition) is 3. The summed E-state index contributed by atoms with van der Waals surface area (Å²) < 4.78 is 5.31. The van der Waals surface area contributed by atoms with Gasteiger partial charge in [-0.2, -0.15) is 0 Å². The van der Waals surface area contributed by atoms with E-state index in [0.29, 0.717) is 32.0 Å². The molecule has 0 bridgehead atoms.